The number of amides is 2. The average molecular weight is 422 g/mol. The molecule has 10 heteroatoms. The fourth-order valence-electron chi connectivity index (χ4n) is 3.41. The molecule has 9 nitrogen and oxygen atoms in total. The van der Waals surface area contributed by atoms with Crippen molar-refractivity contribution in [2.75, 3.05) is 23.9 Å². The Morgan fingerprint density at radius 2 is 2.10 bits per heavy atom. The summed E-state index contributed by atoms with van der Waals surface area (Å²) in [5.41, 5.74) is 9.14. The minimum atomic E-state index is -1.56. The predicted octanol–water partition coefficient (Wildman–Crippen LogP) is 3.07. The van der Waals surface area contributed by atoms with Gasteiger partial charge in [-0.1, -0.05) is 17.2 Å². The van der Waals surface area contributed by atoms with Crippen LogP contribution in [0.25, 0.3) is 10.4 Å². The Balaban J connectivity index is 2.26. The van der Waals surface area contributed by atoms with Crippen LogP contribution in [0.15, 0.2) is 29.4 Å². The van der Waals surface area contributed by atoms with Crippen LogP contribution >= 0.6 is 11.8 Å². The Kier molecular flexibility index (Phi) is 7.92. The van der Waals surface area contributed by atoms with Crippen molar-refractivity contribution in [3.63, 3.8) is 0 Å². The van der Waals surface area contributed by atoms with Crippen LogP contribution in [-0.2, 0) is 14.3 Å². The molecule has 158 valence electrons. The molecule has 1 heterocycles. The summed E-state index contributed by atoms with van der Waals surface area (Å²) in [5, 5.41) is 17.1. The van der Waals surface area contributed by atoms with Crippen LogP contribution in [-0.4, -0.2) is 58.3 Å². The van der Waals surface area contributed by atoms with Gasteiger partial charge in [-0.15, -0.1) is 0 Å². The number of azide groups is 1. The van der Waals surface area contributed by atoms with Crippen LogP contribution < -0.4 is 5.32 Å². The lowest BCUT2D eigenvalue weighted by molar-refractivity contribution is -0.156. The van der Waals surface area contributed by atoms with Gasteiger partial charge in [-0.05, 0) is 55.5 Å². The summed E-state index contributed by atoms with van der Waals surface area (Å²) in [4.78, 5) is 28.7. The molecule has 0 saturated carbocycles. The summed E-state index contributed by atoms with van der Waals surface area (Å²) in [7, 11) is 0. The van der Waals surface area contributed by atoms with Gasteiger partial charge in [-0.2, -0.15) is 11.8 Å². The molecule has 3 atom stereocenters. The highest BCUT2D eigenvalue weighted by atomic mass is 32.2. The van der Waals surface area contributed by atoms with Crippen LogP contribution in [0.5, 0.6) is 0 Å². The third kappa shape index (κ3) is 5.63. The SMILES string of the molecule is CSCC[C@H]1COC(C)(C)N1C(=O)[C@@H](O)[C@@H](N=[N+]=[N-])c1ccc(NC(C)=O)cc1. The van der Waals surface area contributed by atoms with E-state index in [1.807, 2.05) is 6.26 Å². The van der Waals surface area contributed by atoms with E-state index in [1.54, 1.807) is 54.8 Å². The summed E-state index contributed by atoms with van der Waals surface area (Å²) in [5.74, 6) is 0.100. The van der Waals surface area contributed by atoms with E-state index in [4.69, 9.17) is 10.3 Å². The molecule has 2 amide bonds. The molecule has 0 unspecified atom stereocenters. The Morgan fingerprint density at radius 1 is 1.45 bits per heavy atom. The van der Waals surface area contributed by atoms with Gasteiger partial charge in [-0.25, -0.2) is 0 Å². The maximum absolute atomic E-state index is 13.2. The van der Waals surface area contributed by atoms with Gasteiger partial charge in [0.1, 0.15) is 11.8 Å². The molecule has 1 aliphatic rings. The quantitative estimate of drug-likeness (QED) is 0.379. The first-order chi connectivity index (χ1) is 13.7. The molecular formula is C19H27N5O4S. The molecule has 0 bridgehead atoms. The van der Waals surface area contributed by atoms with E-state index in [0.29, 0.717) is 17.9 Å². The Bertz CT molecular complexity index is 779. The second kappa shape index (κ2) is 9.98. The van der Waals surface area contributed by atoms with E-state index in [9.17, 15) is 14.7 Å². The van der Waals surface area contributed by atoms with Gasteiger partial charge in [0.15, 0.2) is 0 Å². The smallest absolute Gasteiger partial charge is 0.254 e. The van der Waals surface area contributed by atoms with Crippen LogP contribution in [0, 0.1) is 0 Å². The van der Waals surface area contributed by atoms with Gasteiger partial charge in [0.25, 0.3) is 5.91 Å². The van der Waals surface area contributed by atoms with Crippen molar-refractivity contribution in [3.05, 3.63) is 40.3 Å². The Hall–Kier alpha value is -2.26. The normalized spacial score (nSPS) is 19.9. The lowest BCUT2D eigenvalue weighted by atomic mass is 9.99. The van der Waals surface area contributed by atoms with E-state index in [1.165, 1.54) is 6.92 Å². The summed E-state index contributed by atoms with van der Waals surface area (Å²) in [6.07, 6.45) is 1.17. The Morgan fingerprint density at radius 3 is 2.66 bits per heavy atom. The number of ether oxygens (including phenoxy) is 1. The molecule has 2 N–H and O–H groups in total. The van der Waals surface area contributed by atoms with Crippen molar-refractivity contribution >= 4 is 29.3 Å². The number of nitrogens with zero attached hydrogens (tertiary/aromatic N) is 4. The topological polar surface area (TPSA) is 128 Å². The molecule has 0 aliphatic carbocycles. The van der Waals surface area contributed by atoms with Gasteiger partial charge in [0.05, 0.1) is 18.7 Å². The summed E-state index contributed by atoms with van der Waals surface area (Å²) in [6, 6.07) is 5.20. The fourth-order valence-corrected chi connectivity index (χ4v) is 3.92. The summed E-state index contributed by atoms with van der Waals surface area (Å²) >= 11 is 1.67. The first kappa shape index (κ1) is 23.0. The maximum Gasteiger partial charge on any atom is 0.254 e. The second-order valence-corrected chi connectivity index (χ2v) is 8.28. The number of anilines is 1. The van der Waals surface area contributed by atoms with Gasteiger partial charge in [0.2, 0.25) is 5.91 Å². The minimum absolute atomic E-state index is 0.159. The number of aliphatic hydroxyl groups excluding tert-OH is 1. The van der Waals surface area contributed by atoms with E-state index in [2.05, 4.69) is 15.3 Å². The van der Waals surface area contributed by atoms with Gasteiger partial charge >= 0.3 is 0 Å². The number of aliphatic hydroxyl groups is 1. The maximum atomic E-state index is 13.2. The first-order valence-corrected chi connectivity index (χ1v) is 10.7. The number of thioether (sulfide) groups is 1. The largest absolute Gasteiger partial charge is 0.382 e. The zero-order valence-electron chi connectivity index (χ0n) is 17.0. The van der Waals surface area contributed by atoms with Gasteiger partial charge in [-0.3, -0.25) is 9.59 Å². The number of carbonyl (C=O) groups excluding carboxylic acids is 2. The molecule has 1 aromatic rings. The third-order valence-electron chi connectivity index (χ3n) is 4.77. The molecule has 1 aliphatic heterocycles. The number of benzene rings is 1. The number of nitrogens with one attached hydrogen (secondary N) is 1. The zero-order chi connectivity index (χ0) is 21.6. The summed E-state index contributed by atoms with van der Waals surface area (Å²) in [6.45, 7) is 5.35. The summed E-state index contributed by atoms with van der Waals surface area (Å²) < 4.78 is 5.77. The van der Waals surface area contributed by atoms with Crippen molar-refractivity contribution < 1.29 is 19.4 Å². The first-order valence-electron chi connectivity index (χ1n) is 9.27. The Labute approximate surface area is 174 Å². The van der Waals surface area contributed by atoms with E-state index in [0.717, 1.165) is 12.2 Å². The van der Waals surface area contributed by atoms with Crippen LogP contribution in [0.4, 0.5) is 5.69 Å². The van der Waals surface area contributed by atoms with E-state index < -0.39 is 23.8 Å². The number of rotatable bonds is 8. The molecule has 0 aromatic heterocycles. The molecule has 1 fully saturated rings. The predicted molar refractivity (Wildman–Crippen MR) is 112 cm³/mol. The minimum Gasteiger partial charge on any atom is -0.382 e. The van der Waals surface area contributed by atoms with Crippen molar-refractivity contribution in [2.45, 2.75) is 51.1 Å². The second-order valence-electron chi connectivity index (χ2n) is 7.30. The number of hydrogen-bond donors (Lipinski definition) is 2. The standard InChI is InChI=1S/C19H27N5O4S/c1-12(25)21-14-7-5-13(6-8-14)16(22-23-20)17(26)18(27)24-15(9-10-29-4)11-28-19(24,2)3/h5-8,15-17,26H,9-11H2,1-4H3,(H,21,25)/t15-,16-,17-/m0/s1. The zero-order valence-corrected chi connectivity index (χ0v) is 17.8. The van der Waals surface area contributed by atoms with Crippen LogP contribution in [0.1, 0.15) is 38.8 Å². The highest BCUT2D eigenvalue weighted by Gasteiger charge is 2.46. The van der Waals surface area contributed by atoms with Crippen molar-refractivity contribution in [3.8, 4) is 0 Å². The van der Waals surface area contributed by atoms with Crippen LogP contribution in [0.3, 0.4) is 0 Å². The number of hydrogen-bond acceptors (Lipinski definition) is 6. The number of carbonyl (C=O) groups is 2. The molecular weight excluding hydrogens is 394 g/mol. The average Bonchev–Trinajstić information content (AvgIpc) is 2.97. The third-order valence-corrected chi connectivity index (χ3v) is 5.41. The monoisotopic (exact) mass is 421 g/mol. The van der Waals surface area contributed by atoms with Crippen molar-refractivity contribution in [1.82, 2.24) is 4.90 Å². The fraction of sp³-hybridized carbons (Fsp3) is 0.579. The van der Waals surface area contributed by atoms with E-state index >= 15 is 0 Å². The lowest BCUT2D eigenvalue weighted by Gasteiger charge is -2.36. The van der Waals surface area contributed by atoms with Crippen molar-refractivity contribution in [1.29, 1.82) is 0 Å². The highest BCUT2D eigenvalue weighted by molar-refractivity contribution is 7.98. The molecule has 0 spiro atoms. The van der Waals surface area contributed by atoms with Crippen molar-refractivity contribution in [2.24, 2.45) is 5.11 Å². The molecule has 2 rings (SSSR count). The molecule has 0 radical (unpaired) electrons. The molecule has 1 aromatic carbocycles. The molecule has 1 saturated heterocycles. The molecule has 29 heavy (non-hydrogen) atoms. The van der Waals surface area contributed by atoms with Gasteiger partial charge in [0, 0.05) is 17.5 Å². The highest BCUT2D eigenvalue weighted by Crippen LogP contribution is 2.33. The van der Waals surface area contributed by atoms with Crippen LogP contribution in [0.2, 0.25) is 0 Å². The van der Waals surface area contributed by atoms with E-state index in [-0.39, 0.29) is 11.9 Å². The lowest BCUT2D eigenvalue weighted by Crippen LogP contribution is -2.53. The van der Waals surface area contributed by atoms with Gasteiger partial charge < -0.3 is 20.1 Å².